The van der Waals surface area contributed by atoms with Crippen LogP contribution in [0.15, 0.2) is 27.6 Å². The number of aromatic nitrogens is 2. The molecule has 0 amide bonds. The van der Waals surface area contributed by atoms with Gasteiger partial charge in [0.25, 0.3) is 5.56 Å². The Bertz CT molecular complexity index is 609. The largest absolute Gasteiger partial charge is 0.272 e. The number of rotatable bonds is 3. The van der Waals surface area contributed by atoms with Gasteiger partial charge in [0.2, 0.25) is 0 Å². The summed E-state index contributed by atoms with van der Waals surface area (Å²) in [6.45, 7) is 2.08. The molecule has 2 aromatic heterocycles. The van der Waals surface area contributed by atoms with Crippen molar-refractivity contribution in [3.63, 3.8) is 0 Å². The number of fused-ring (bicyclic) bond motifs is 1. The summed E-state index contributed by atoms with van der Waals surface area (Å²) in [4.78, 5) is 16.3. The van der Waals surface area contributed by atoms with Crippen molar-refractivity contribution in [3.8, 4) is 0 Å². The van der Waals surface area contributed by atoms with Crippen LogP contribution in [0.1, 0.15) is 25.5 Å². The molecule has 0 atom stereocenters. The first kappa shape index (κ1) is 12.2. The van der Waals surface area contributed by atoms with Crippen LogP contribution < -0.4 is 5.56 Å². The minimum Gasteiger partial charge on any atom is -0.268 e. The number of hydrogen-bond donors (Lipinski definition) is 0. The van der Waals surface area contributed by atoms with Crippen molar-refractivity contribution in [1.82, 2.24) is 9.38 Å². The van der Waals surface area contributed by atoms with E-state index in [0.717, 1.165) is 31.2 Å². The van der Waals surface area contributed by atoms with Crippen LogP contribution in [-0.2, 0) is 6.42 Å². The van der Waals surface area contributed by atoms with Gasteiger partial charge in [0.15, 0.2) is 0 Å². The molecule has 0 unspecified atom stereocenters. The Labute approximate surface area is 106 Å². The van der Waals surface area contributed by atoms with Crippen LogP contribution in [0.2, 0.25) is 0 Å². The second-order valence-corrected chi connectivity index (χ2v) is 4.65. The summed E-state index contributed by atoms with van der Waals surface area (Å²) in [6.07, 6.45) is 3.92. The fourth-order valence-corrected chi connectivity index (χ4v) is 2.13. The Kier molecular flexibility index (Phi) is 3.57. The number of halogens is 2. The average molecular weight is 299 g/mol. The van der Waals surface area contributed by atoms with Crippen LogP contribution in [0, 0.1) is 5.82 Å². The molecule has 0 radical (unpaired) electrons. The van der Waals surface area contributed by atoms with Crippen LogP contribution in [0.5, 0.6) is 0 Å². The van der Waals surface area contributed by atoms with Crippen LogP contribution >= 0.6 is 15.9 Å². The van der Waals surface area contributed by atoms with Gasteiger partial charge < -0.3 is 0 Å². The first-order chi connectivity index (χ1) is 8.13. The average Bonchev–Trinajstić information content (AvgIpc) is 2.33. The van der Waals surface area contributed by atoms with Crippen molar-refractivity contribution in [3.05, 3.63) is 44.7 Å². The standard InChI is InChI=1S/C12H12BrFN2O/c1-2-3-4-9-11(13)12(17)16-7-8(14)5-6-10(16)15-9/h5-7H,2-4H2,1H3. The van der Waals surface area contributed by atoms with E-state index in [9.17, 15) is 9.18 Å². The number of unbranched alkanes of at least 4 members (excludes halogenated alkanes) is 1. The number of hydrogen-bond acceptors (Lipinski definition) is 2. The summed E-state index contributed by atoms with van der Waals surface area (Å²) >= 11 is 3.24. The molecule has 0 N–H and O–H groups in total. The van der Waals surface area contributed by atoms with Crippen molar-refractivity contribution in [1.29, 1.82) is 0 Å². The smallest absolute Gasteiger partial charge is 0.268 e. The van der Waals surface area contributed by atoms with Gasteiger partial charge in [-0.15, -0.1) is 0 Å². The van der Waals surface area contributed by atoms with E-state index in [4.69, 9.17) is 0 Å². The zero-order valence-corrected chi connectivity index (χ0v) is 11.0. The van der Waals surface area contributed by atoms with Gasteiger partial charge in [0.05, 0.1) is 5.69 Å². The molecule has 0 bridgehead atoms. The highest BCUT2D eigenvalue weighted by Gasteiger charge is 2.10. The number of pyridine rings is 1. The number of aryl methyl sites for hydroxylation is 1. The molecule has 2 aromatic rings. The lowest BCUT2D eigenvalue weighted by atomic mass is 10.2. The van der Waals surface area contributed by atoms with Crippen molar-refractivity contribution >= 4 is 21.6 Å². The maximum Gasteiger partial charge on any atom is 0.272 e. The molecule has 0 fully saturated rings. The molecule has 2 heterocycles. The van der Waals surface area contributed by atoms with Crippen molar-refractivity contribution in [2.45, 2.75) is 26.2 Å². The van der Waals surface area contributed by atoms with E-state index >= 15 is 0 Å². The van der Waals surface area contributed by atoms with E-state index in [-0.39, 0.29) is 5.56 Å². The molecule has 2 rings (SSSR count). The molecular weight excluding hydrogens is 287 g/mol. The summed E-state index contributed by atoms with van der Waals surface area (Å²) in [5.74, 6) is -0.449. The summed E-state index contributed by atoms with van der Waals surface area (Å²) in [5.41, 5.74) is 0.953. The Balaban J connectivity index is 2.62. The molecule has 0 aromatic carbocycles. The highest BCUT2D eigenvalue weighted by Crippen LogP contribution is 2.14. The first-order valence-corrected chi connectivity index (χ1v) is 6.29. The molecule has 0 saturated heterocycles. The van der Waals surface area contributed by atoms with Crippen molar-refractivity contribution < 1.29 is 4.39 Å². The van der Waals surface area contributed by atoms with E-state index < -0.39 is 5.82 Å². The van der Waals surface area contributed by atoms with E-state index in [1.165, 1.54) is 16.5 Å². The lowest BCUT2D eigenvalue weighted by molar-refractivity contribution is 0.616. The fourth-order valence-electron chi connectivity index (χ4n) is 1.65. The van der Waals surface area contributed by atoms with Crippen molar-refractivity contribution in [2.75, 3.05) is 0 Å². The van der Waals surface area contributed by atoms with Gasteiger partial charge in [0.1, 0.15) is 15.9 Å². The van der Waals surface area contributed by atoms with Gasteiger partial charge in [-0.05, 0) is 40.9 Å². The zero-order valence-electron chi connectivity index (χ0n) is 9.41. The molecule has 3 nitrogen and oxygen atoms in total. The van der Waals surface area contributed by atoms with E-state index in [1.54, 1.807) is 0 Å². The quantitative estimate of drug-likeness (QED) is 0.873. The summed E-state index contributed by atoms with van der Waals surface area (Å²) in [7, 11) is 0. The summed E-state index contributed by atoms with van der Waals surface area (Å²) in [6, 6.07) is 2.82. The normalized spacial score (nSPS) is 11.0. The highest BCUT2D eigenvalue weighted by molar-refractivity contribution is 9.10. The molecular formula is C12H12BrFN2O. The molecule has 90 valence electrons. The molecule has 5 heteroatoms. The molecule has 17 heavy (non-hydrogen) atoms. The SMILES string of the molecule is CCCCc1nc2ccc(F)cn2c(=O)c1Br. The minimum atomic E-state index is -0.449. The van der Waals surface area contributed by atoms with E-state index in [1.807, 2.05) is 0 Å². The Hall–Kier alpha value is -1.23. The van der Waals surface area contributed by atoms with Crippen LogP contribution in [0.25, 0.3) is 5.65 Å². The maximum atomic E-state index is 13.0. The monoisotopic (exact) mass is 298 g/mol. The predicted octanol–water partition coefficient (Wildman–Crippen LogP) is 2.94. The van der Waals surface area contributed by atoms with Crippen molar-refractivity contribution in [2.24, 2.45) is 0 Å². The summed E-state index contributed by atoms with van der Waals surface area (Å²) in [5, 5.41) is 0. The third kappa shape index (κ3) is 2.39. The zero-order chi connectivity index (χ0) is 12.4. The molecule has 0 aliphatic heterocycles. The van der Waals surface area contributed by atoms with Gasteiger partial charge in [-0.3, -0.25) is 9.20 Å². The third-order valence-electron chi connectivity index (χ3n) is 2.57. The fraction of sp³-hybridized carbons (Fsp3) is 0.333. The topological polar surface area (TPSA) is 34.4 Å². The second kappa shape index (κ2) is 4.96. The molecule has 0 aliphatic carbocycles. The molecule has 0 spiro atoms. The number of nitrogens with zero attached hydrogens (tertiary/aromatic N) is 2. The van der Waals surface area contributed by atoms with Gasteiger partial charge in [-0.25, -0.2) is 9.37 Å². The molecule has 0 saturated carbocycles. The van der Waals surface area contributed by atoms with E-state index in [2.05, 4.69) is 27.8 Å². The molecule has 0 aliphatic rings. The summed E-state index contributed by atoms with van der Waals surface area (Å²) < 4.78 is 14.7. The predicted molar refractivity (Wildman–Crippen MR) is 67.7 cm³/mol. The van der Waals surface area contributed by atoms with Crippen LogP contribution in [-0.4, -0.2) is 9.38 Å². The van der Waals surface area contributed by atoms with Gasteiger partial charge in [-0.1, -0.05) is 13.3 Å². The van der Waals surface area contributed by atoms with Gasteiger partial charge >= 0.3 is 0 Å². The lowest BCUT2D eigenvalue weighted by Gasteiger charge is -2.06. The second-order valence-electron chi connectivity index (χ2n) is 3.86. The first-order valence-electron chi connectivity index (χ1n) is 5.49. The Morgan fingerprint density at radius 1 is 1.47 bits per heavy atom. The van der Waals surface area contributed by atoms with Gasteiger partial charge in [-0.2, -0.15) is 0 Å². The van der Waals surface area contributed by atoms with Gasteiger partial charge in [0, 0.05) is 6.20 Å². The van der Waals surface area contributed by atoms with E-state index in [0.29, 0.717) is 10.1 Å². The van der Waals surface area contributed by atoms with Crippen LogP contribution in [0.3, 0.4) is 0 Å². The Morgan fingerprint density at radius 3 is 2.94 bits per heavy atom. The lowest BCUT2D eigenvalue weighted by Crippen LogP contribution is -2.18. The Morgan fingerprint density at radius 2 is 2.24 bits per heavy atom. The highest BCUT2D eigenvalue weighted by atomic mass is 79.9. The van der Waals surface area contributed by atoms with Crippen LogP contribution in [0.4, 0.5) is 4.39 Å². The third-order valence-corrected chi connectivity index (χ3v) is 3.36. The maximum absolute atomic E-state index is 13.0. The minimum absolute atomic E-state index is 0.263.